The zero-order chi connectivity index (χ0) is 14.0. The minimum absolute atomic E-state index is 0.130. The van der Waals surface area contributed by atoms with Gasteiger partial charge in [-0.3, -0.25) is 4.79 Å². The first-order valence-corrected chi connectivity index (χ1v) is 6.77. The number of benzene rings is 1. The van der Waals surface area contributed by atoms with Crippen molar-refractivity contribution in [1.29, 1.82) is 0 Å². The van der Waals surface area contributed by atoms with Crippen LogP contribution in [0.15, 0.2) is 18.2 Å². The Hall–Kier alpha value is -1.71. The minimum Gasteiger partial charge on any atom is -0.505 e. The van der Waals surface area contributed by atoms with Crippen molar-refractivity contribution in [3.63, 3.8) is 0 Å². The molecule has 1 aliphatic carbocycles. The molecule has 4 heteroatoms. The average molecular weight is 262 g/mol. The lowest BCUT2D eigenvalue weighted by Crippen LogP contribution is -2.40. The molecule has 1 fully saturated rings. The monoisotopic (exact) mass is 262 g/mol. The maximum Gasteiger partial charge on any atom is 0.255 e. The first-order valence-electron chi connectivity index (χ1n) is 6.77. The zero-order valence-corrected chi connectivity index (χ0v) is 11.6. The van der Waals surface area contributed by atoms with Crippen LogP contribution in [0.1, 0.15) is 49.9 Å². The lowest BCUT2D eigenvalue weighted by atomic mass is 9.75. The Morgan fingerprint density at radius 1 is 1.47 bits per heavy atom. The second-order valence-corrected chi connectivity index (χ2v) is 6.17. The van der Waals surface area contributed by atoms with Crippen molar-refractivity contribution in [3.05, 3.63) is 23.8 Å². The molecule has 0 saturated heterocycles. The number of para-hydroxylation sites is 1. The van der Waals surface area contributed by atoms with Gasteiger partial charge in [0.25, 0.3) is 5.91 Å². The van der Waals surface area contributed by atoms with E-state index in [1.54, 1.807) is 18.2 Å². The highest BCUT2D eigenvalue weighted by Gasteiger charge is 2.29. The van der Waals surface area contributed by atoms with Crippen LogP contribution in [0.5, 0.6) is 5.75 Å². The molecule has 0 aromatic heterocycles. The van der Waals surface area contributed by atoms with Gasteiger partial charge in [0.2, 0.25) is 0 Å². The number of nitrogens with two attached hydrogens (primary N) is 1. The summed E-state index contributed by atoms with van der Waals surface area (Å²) in [5.74, 6) is -0.373. The fraction of sp³-hybridized carbons (Fsp3) is 0.533. The SMILES string of the molecule is CC1(C)CCCC(NC(=O)c2cccc(N)c2O)C1. The van der Waals surface area contributed by atoms with Gasteiger partial charge in [-0.25, -0.2) is 0 Å². The smallest absolute Gasteiger partial charge is 0.255 e. The van der Waals surface area contributed by atoms with E-state index in [1.165, 1.54) is 6.42 Å². The van der Waals surface area contributed by atoms with Crippen molar-refractivity contribution in [3.8, 4) is 5.75 Å². The minimum atomic E-state index is -0.243. The van der Waals surface area contributed by atoms with Crippen molar-refractivity contribution < 1.29 is 9.90 Å². The van der Waals surface area contributed by atoms with Crippen molar-refractivity contribution >= 4 is 11.6 Å². The molecule has 0 bridgehead atoms. The Bertz CT molecular complexity index is 483. The second kappa shape index (κ2) is 5.11. The number of phenols is 1. The van der Waals surface area contributed by atoms with E-state index in [2.05, 4.69) is 19.2 Å². The number of aromatic hydroxyl groups is 1. The van der Waals surface area contributed by atoms with Gasteiger partial charge in [0.05, 0.1) is 11.3 Å². The van der Waals surface area contributed by atoms with Gasteiger partial charge >= 0.3 is 0 Å². The van der Waals surface area contributed by atoms with Crippen molar-refractivity contribution in [2.75, 3.05) is 5.73 Å². The van der Waals surface area contributed by atoms with Gasteiger partial charge in [0.15, 0.2) is 5.75 Å². The average Bonchev–Trinajstić information content (AvgIpc) is 2.31. The summed E-state index contributed by atoms with van der Waals surface area (Å²) >= 11 is 0. The Morgan fingerprint density at radius 3 is 2.89 bits per heavy atom. The van der Waals surface area contributed by atoms with Crippen LogP contribution in [-0.4, -0.2) is 17.1 Å². The van der Waals surface area contributed by atoms with E-state index in [1.807, 2.05) is 0 Å². The molecule has 19 heavy (non-hydrogen) atoms. The van der Waals surface area contributed by atoms with Crippen LogP contribution in [0, 0.1) is 5.41 Å². The summed E-state index contributed by atoms with van der Waals surface area (Å²) in [6, 6.07) is 5.02. The van der Waals surface area contributed by atoms with Crippen molar-refractivity contribution in [2.45, 2.75) is 45.6 Å². The molecule has 1 aromatic carbocycles. The Morgan fingerprint density at radius 2 is 2.21 bits per heavy atom. The van der Waals surface area contributed by atoms with Gasteiger partial charge in [0, 0.05) is 6.04 Å². The lowest BCUT2D eigenvalue weighted by molar-refractivity contribution is 0.0900. The van der Waals surface area contributed by atoms with Crippen molar-refractivity contribution in [1.82, 2.24) is 5.32 Å². The lowest BCUT2D eigenvalue weighted by Gasteiger charge is -2.35. The highest BCUT2D eigenvalue weighted by molar-refractivity contribution is 5.98. The first-order chi connectivity index (χ1) is 8.89. The third-order valence-corrected chi connectivity index (χ3v) is 3.85. The number of amides is 1. The van der Waals surface area contributed by atoms with Crippen LogP contribution >= 0.6 is 0 Å². The normalized spacial score (nSPS) is 21.9. The van der Waals surface area contributed by atoms with E-state index in [0.29, 0.717) is 0 Å². The molecular formula is C15H22N2O2. The Balaban J connectivity index is 2.07. The summed E-state index contributed by atoms with van der Waals surface area (Å²) in [7, 11) is 0. The Kier molecular flexibility index (Phi) is 3.69. The molecule has 0 aliphatic heterocycles. The van der Waals surface area contributed by atoms with E-state index in [9.17, 15) is 9.90 Å². The largest absolute Gasteiger partial charge is 0.505 e. The molecule has 4 nitrogen and oxygen atoms in total. The van der Waals surface area contributed by atoms with Crippen LogP contribution in [0.2, 0.25) is 0 Å². The van der Waals surface area contributed by atoms with Gasteiger partial charge in [-0.15, -0.1) is 0 Å². The predicted molar refractivity (Wildman–Crippen MR) is 76.0 cm³/mol. The van der Waals surface area contributed by atoms with Crippen LogP contribution in [0.25, 0.3) is 0 Å². The highest BCUT2D eigenvalue weighted by Crippen LogP contribution is 2.35. The third-order valence-electron chi connectivity index (χ3n) is 3.85. The summed E-state index contributed by atoms with van der Waals surface area (Å²) in [5.41, 5.74) is 6.36. The van der Waals surface area contributed by atoms with E-state index in [4.69, 9.17) is 5.73 Å². The maximum absolute atomic E-state index is 12.2. The molecule has 0 heterocycles. The molecule has 1 unspecified atom stereocenters. The number of nitrogen functional groups attached to an aromatic ring is 1. The number of rotatable bonds is 2. The van der Waals surface area contributed by atoms with E-state index >= 15 is 0 Å². The molecule has 1 atom stereocenters. The van der Waals surface area contributed by atoms with Gasteiger partial charge in [-0.05, 0) is 36.8 Å². The zero-order valence-electron chi connectivity index (χ0n) is 11.6. The molecule has 1 saturated carbocycles. The molecule has 1 aliphatic rings. The number of anilines is 1. The van der Waals surface area contributed by atoms with E-state index in [0.717, 1.165) is 19.3 Å². The fourth-order valence-corrected chi connectivity index (χ4v) is 2.83. The van der Waals surface area contributed by atoms with Gasteiger partial charge < -0.3 is 16.2 Å². The van der Waals surface area contributed by atoms with Crippen LogP contribution in [-0.2, 0) is 0 Å². The second-order valence-electron chi connectivity index (χ2n) is 6.17. The molecule has 104 valence electrons. The van der Waals surface area contributed by atoms with Gasteiger partial charge in [0.1, 0.15) is 0 Å². The quantitative estimate of drug-likeness (QED) is 0.566. The molecule has 1 aromatic rings. The fourth-order valence-electron chi connectivity index (χ4n) is 2.83. The molecular weight excluding hydrogens is 240 g/mol. The summed E-state index contributed by atoms with van der Waals surface area (Å²) < 4.78 is 0. The van der Waals surface area contributed by atoms with Crippen LogP contribution in [0.4, 0.5) is 5.69 Å². The standard InChI is InChI=1S/C15H22N2O2/c1-15(2)8-4-5-10(9-15)17-14(19)11-6-3-7-12(16)13(11)18/h3,6-7,10,18H,4-5,8-9,16H2,1-2H3,(H,17,19). The molecule has 0 radical (unpaired) electrons. The predicted octanol–water partition coefficient (Wildman–Crippen LogP) is 2.67. The summed E-state index contributed by atoms with van der Waals surface area (Å²) in [6.45, 7) is 4.45. The Labute approximate surface area is 114 Å². The van der Waals surface area contributed by atoms with Crippen LogP contribution < -0.4 is 11.1 Å². The summed E-state index contributed by atoms with van der Waals surface area (Å²) in [6.07, 6.45) is 4.30. The van der Waals surface area contributed by atoms with Crippen LogP contribution in [0.3, 0.4) is 0 Å². The highest BCUT2D eigenvalue weighted by atomic mass is 16.3. The third kappa shape index (κ3) is 3.19. The first kappa shape index (κ1) is 13.7. The number of hydrogen-bond acceptors (Lipinski definition) is 3. The van der Waals surface area contributed by atoms with Gasteiger partial charge in [-0.2, -0.15) is 0 Å². The topological polar surface area (TPSA) is 75.4 Å². The number of hydrogen-bond donors (Lipinski definition) is 3. The van der Waals surface area contributed by atoms with E-state index in [-0.39, 0.29) is 34.4 Å². The number of carbonyl (C=O) groups excluding carboxylic acids is 1. The number of carbonyl (C=O) groups is 1. The molecule has 1 amide bonds. The summed E-state index contributed by atoms with van der Waals surface area (Å²) in [4.78, 5) is 12.2. The van der Waals surface area contributed by atoms with Gasteiger partial charge in [-0.1, -0.05) is 26.3 Å². The maximum atomic E-state index is 12.2. The van der Waals surface area contributed by atoms with Crippen molar-refractivity contribution in [2.24, 2.45) is 5.41 Å². The van der Waals surface area contributed by atoms with E-state index < -0.39 is 0 Å². The molecule has 2 rings (SSSR count). The molecule has 4 N–H and O–H groups in total. The number of phenolic OH excluding ortho intramolecular Hbond substituents is 1. The molecule has 0 spiro atoms. The summed E-state index contributed by atoms with van der Waals surface area (Å²) in [5, 5.41) is 12.8. The number of nitrogens with one attached hydrogen (secondary N) is 1.